The lowest BCUT2D eigenvalue weighted by Crippen LogP contribution is -2.18. The van der Waals surface area contributed by atoms with Crippen molar-refractivity contribution < 1.29 is 4.79 Å². The van der Waals surface area contributed by atoms with Crippen molar-refractivity contribution in [3.05, 3.63) is 25.3 Å². The zero-order valence-electron chi connectivity index (χ0n) is 8.75. The molecule has 0 rings (SSSR count). The highest BCUT2D eigenvalue weighted by atomic mass is 32.1. The van der Waals surface area contributed by atoms with Crippen LogP contribution in [-0.2, 0) is 4.79 Å². The van der Waals surface area contributed by atoms with Gasteiger partial charge in [0.1, 0.15) is 0 Å². The van der Waals surface area contributed by atoms with Gasteiger partial charge in [-0.1, -0.05) is 19.6 Å². The van der Waals surface area contributed by atoms with Gasteiger partial charge in [-0.3, -0.25) is 4.79 Å². The van der Waals surface area contributed by atoms with Gasteiger partial charge in [0, 0.05) is 7.05 Å². The lowest BCUT2D eigenvalue weighted by atomic mass is 10.5. The van der Waals surface area contributed by atoms with Crippen molar-refractivity contribution in [1.82, 2.24) is 5.32 Å². The maximum Gasteiger partial charge on any atom is 0.243 e. The van der Waals surface area contributed by atoms with Crippen molar-refractivity contribution in [2.24, 2.45) is 11.5 Å². The van der Waals surface area contributed by atoms with Gasteiger partial charge in [0.15, 0.2) is 5.11 Å². The van der Waals surface area contributed by atoms with E-state index in [1.165, 1.54) is 6.08 Å². The van der Waals surface area contributed by atoms with Crippen LogP contribution in [0.3, 0.4) is 0 Å². The largest absolute Gasteiger partial charge is 0.377 e. The first kappa shape index (κ1) is 18.4. The van der Waals surface area contributed by atoms with E-state index in [2.05, 4.69) is 49.1 Å². The van der Waals surface area contributed by atoms with E-state index in [1.54, 1.807) is 7.05 Å². The molecule has 0 unspecified atom stereocenters. The Morgan fingerprint density at radius 1 is 1.50 bits per heavy atom. The molecule has 1 amide bonds. The summed E-state index contributed by atoms with van der Waals surface area (Å²) in [5.74, 6) is -0.144. The van der Waals surface area contributed by atoms with E-state index in [4.69, 9.17) is 0 Å². The van der Waals surface area contributed by atoms with Crippen molar-refractivity contribution >= 4 is 23.2 Å². The number of nitrogens with one attached hydrogen (secondary N) is 1. The molecule has 5 N–H and O–H groups in total. The molecule has 5 heteroatoms. The van der Waals surface area contributed by atoms with Crippen LogP contribution in [0.4, 0.5) is 0 Å². The second-order valence-electron chi connectivity index (χ2n) is 1.92. The number of nitrogens with two attached hydrogens (primary N) is 2. The minimum Gasteiger partial charge on any atom is -0.377 e. The van der Waals surface area contributed by atoms with Crippen LogP contribution < -0.4 is 16.8 Å². The van der Waals surface area contributed by atoms with Crippen molar-refractivity contribution in [3.8, 4) is 0 Å². The Labute approximate surface area is 91.0 Å². The van der Waals surface area contributed by atoms with Crippen LogP contribution in [0.25, 0.3) is 0 Å². The molecule has 0 aliphatic carbocycles. The Hall–Kier alpha value is -1.36. The van der Waals surface area contributed by atoms with Gasteiger partial charge in [-0.2, -0.15) is 0 Å². The number of rotatable bonds is 2. The fraction of sp³-hybridized carbons (Fsp3) is 0.333. The van der Waals surface area contributed by atoms with E-state index in [0.717, 1.165) is 6.42 Å². The van der Waals surface area contributed by atoms with Gasteiger partial charge in [0.05, 0.1) is 0 Å². The second-order valence-corrected chi connectivity index (χ2v) is 2.39. The van der Waals surface area contributed by atoms with Crippen molar-refractivity contribution in [1.29, 1.82) is 0 Å². The number of likely N-dealkylation sites (N-methyl/N-ethyl adjacent to an activating group) is 1. The van der Waals surface area contributed by atoms with Crippen LogP contribution >= 0.6 is 12.2 Å². The van der Waals surface area contributed by atoms with Crippen molar-refractivity contribution in [2.45, 2.75) is 13.3 Å². The van der Waals surface area contributed by atoms with E-state index in [0.29, 0.717) is 0 Å². The summed E-state index contributed by atoms with van der Waals surface area (Å²) < 4.78 is 0. The molecule has 0 aliphatic rings. The highest BCUT2D eigenvalue weighted by Crippen LogP contribution is 1.66. The Kier molecular flexibility index (Phi) is 23.2. The average Bonchev–Trinajstić information content (AvgIpc) is 2.16. The third kappa shape index (κ3) is 74.6. The molecule has 0 aliphatic heterocycles. The topological polar surface area (TPSA) is 81.1 Å². The summed E-state index contributed by atoms with van der Waals surface area (Å²) in [6.07, 6.45) is 4.18. The van der Waals surface area contributed by atoms with Crippen LogP contribution in [0.5, 0.6) is 0 Å². The quantitative estimate of drug-likeness (QED) is 0.361. The first-order chi connectivity index (χ1) is 6.45. The summed E-state index contributed by atoms with van der Waals surface area (Å²) in [5, 5.41) is 2.36. The molecule has 0 atom stereocenters. The molecule has 0 aromatic carbocycles. The molecule has 0 heterocycles. The van der Waals surface area contributed by atoms with Crippen LogP contribution in [0.15, 0.2) is 25.3 Å². The predicted molar refractivity (Wildman–Crippen MR) is 65.7 cm³/mol. The second kappa shape index (κ2) is 17.7. The van der Waals surface area contributed by atoms with Gasteiger partial charge in [-0.25, -0.2) is 0 Å². The Bertz CT molecular complexity index is 177. The molecule has 0 radical (unpaired) electrons. The Morgan fingerprint density at radius 3 is 1.79 bits per heavy atom. The van der Waals surface area contributed by atoms with E-state index >= 15 is 0 Å². The molecular weight excluding hydrogens is 198 g/mol. The van der Waals surface area contributed by atoms with E-state index in [-0.39, 0.29) is 11.0 Å². The monoisotopic (exact) mass is 217 g/mol. The standard InChI is InChI=1S/C4H7NO.C4H8.CH4N2S/c1-3-4(6)5-2;1-3-4-2;2-1(3)4/h3H,1H2,2H3,(H,5,6);3H,1,4H2,2H3;(H4,2,3,4). The maximum atomic E-state index is 9.95. The third-order valence-electron chi connectivity index (χ3n) is 0.720. The van der Waals surface area contributed by atoms with Gasteiger partial charge in [0.2, 0.25) is 5.91 Å². The lowest BCUT2D eigenvalue weighted by molar-refractivity contribution is -0.116. The zero-order chi connectivity index (χ0) is 12.0. The van der Waals surface area contributed by atoms with Crippen LogP contribution in [0.2, 0.25) is 0 Å². The van der Waals surface area contributed by atoms with Crippen molar-refractivity contribution in [3.63, 3.8) is 0 Å². The minimum atomic E-state index is -0.144. The number of hydrogen-bond acceptors (Lipinski definition) is 2. The Balaban J connectivity index is -0.000000135. The minimum absolute atomic E-state index is 0.000000000000000222. The molecule has 0 fully saturated rings. The first-order valence-corrected chi connectivity index (χ1v) is 4.36. The number of carbonyl (C=O) groups excluding carboxylic acids is 1. The molecule has 14 heavy (non-hydrogen) atoms. The van der Waals surface area contributed by atoms with Gasteiger partial charge < -0.3 is 16.8 Å². The van der Waals surface area contributed by atoms with E-state index in [9.17, 15) is 4.79 Å². The number of amides is 1. The summed E-state index contributed by atoms with van der Waals surface area (Å²) in [7, 11) is 1.56. The van der Waals surface area contributed by atoms with Gasteiger partial charge in [-0.05, 0) is 24.7 Å². The SMILES string of the molecule is C=CC(=O)NC.C=CCC.NC(N)=S. The van der Waals surface area contributed by atoms with Crippen LogP contribution in [0.1, 0.15) is 13.3 Å². The summed E-state index contributed by atoms with van der Waals surface area (Å²) in [6, 6.07) is 0. The van der Waals surface area contributed by atoms with Gasteiger partial charge in [-0.15, -0.1) is 6.58 Å². The number of carbonyl (C=O) groups is 1. The molecule has 0 saturated heterocycles. The van der Waals surface area contributed by atoms with Crippen molar-refractivity contribution in [2.75, 3.05) is 7.05 Å². The predicted octanol–water partition coefficient (Wildman–Crippen LogP) is 0.690. The highest BCUT2D eigenvalue weighted by Gasteiger charge is 1.78. The number of hydrogen-bond donors (Lipinski definition) is 3. The summed E-state index contributed by atoms with van der Waals surface area (Å²) in [6.45, 7) is 8.76. The van der Waals surface area contributed by atoms with E-state index in [1.807, 2.05) is 6.08 Å². The molecule has 4 nitrogen and oxygen atoms in total. The lowest BCUT2D eigenvalue weighted by Gasteiger charge is -1.82. The number of thiocarbonyl (C=S) groups is 1. The van der Waals surface area contributed by atoms with Gasteiger partial charge in [0.25, 0.3) is 0 Å². The fourth-order valence-corrected chi connectivity index (χ4v) is 0.102. The van der Waals surface area contributed by atoms with Gasteiger partial charge >= 0.3 is 0 Å². The fourth-order valence-electron chi connectivity index (χ4n) is 0.102. The third-order valence-corrected chi connectivity index (χ3v) is 0.720. The average molecular weight is 217 g/mol. The maximum absolute atomic E-state index is 9.95. The molecule has 0 saturated carbocycles. The molecule has 0 aromatic rings. The Morgan fingerprint density at radius 2 is 1.79 bits per heavy atom. The summed E-state index contributed by atoms with van der Waals surface area (Å²) >= 11 is 4.09. The normalized spacial score (nSPS) is 6.43. The first-order valence-electron chi connectivity index (χ1n) is 3.96. The van der Waals surface area contributed by atoms with E-state index < -0.39 is 0 Å². The number of allylic oxidation sites excluding steroid dienone is 1. The highest BCUT2D eigenvalue weighted by molar-refractivity contribution is 7.80. The molecule has 82 valence electrons. The molecule has 0 spiro atoms. The molecular formula is C9H19N3OS. The summed E-state index contributed by atoms with van der Waals surface area (Å²) in [5.41, 5.74) is 9.24. The van der Waals surface area contributed by atoms with Crippen LogP contribution in [0, 0.1) is 0 Å². The smallest absolute Gasteiger partial charge is 0.243 e. The zero-order valence-corrected chi connectivity index (χ0v) is 9.56. The van der Waals surface area contributed by atoms with Crippen LogP contribution in [-0.4, -0.2) is 18.1 Å². The molecule has 0 bridgehead atoms. The summed E-state index contributed by atoms with van der Waals surface area (Å²) in [4.78, 5) is 9.95. The molecule has 0 aromatic heterocycles.